The summed E-state index contributed by atoms with van der Waals surface area (Å²) in [6.07, 6.45) is 0. The lowest BCUT2D eigenvalue weighted by Gasteiger charge is -2.18. The van der Waals surface area contributed by atoms with Crippen LogP contribution < -0.4 is 14.8 Å². The second kappa shape index (κ2) is 5.40. The number of fused-ring (bicyclic) bond motifs is 1. The Morgan fingerprint density at radius 1 is 0.952 bits per heavy atom. The molecule has 0 radical (unpaired) electrons. The predicted molar refractivity (Wildman–Crippen MR) is 71.7 cm³/mol. The highest BCUT2D eigenvalue weighted by molar-refractivity contribution is 6.04. The van der Waals surface area contributed by atoms with Gasteiger partial charge in [-0.1, -0.05) is 0 Å². The van der Waals surface area contributed by atoms with Crippen molar-refractivity contribution in [2.45, 2.75) is 0 Å². The van der Waals surface area contributed by atoms with Crippen molar-refractivity contribution in [3.8, 4) is 11.5 Å². The number of amides is 1. The summed E-state index contributed by atoms with van der Waals surface area (Å²) in [5, 5.41) is 2.49. The van der Waals surface area contributed by atoms with E-state index in [0.717, 1.165) is 12.1 Å². The zero-order chi connectivity index (χ0) is 14.8. The Labute approximate surface area is 119 Å². The van der Waals surface area contributed by atoms with Crippen LogP contribution in [0, 0.1) is 11.6 Å². The number of nitrogens with one attached hydrogen (secondary N) is 1. The SMILES string of the molecule is O=C(Nc1ccc(F)c(F)c1)c1ccc2c(c1)OCCO2. The van der Waals surface area contributed by atoms with Gasteiger partial charge in [-0.05, 0) is 30.3 Å². The Balaban J connectivity index is 1.80. The number of ether oxygens (including phenoxy) is 2. The summed E-state index contributed by atoms with van der Waals surface area (Å²) >= 11 is 0. The summed E-state index contributed by atoms with van der Waals surface area (Å²) < 4.78 is 36.7. The number of hydrogen-bond acceptors (Lipinski definition) is 3. The monoisotopic (exact) mass is 291 g/mol. The number of anilines is 1. The second-order valence-corrected chi connectivity index (χ2v) is 4.44. The van der Waals surface area contributed by atoms with Crippen LogP contribution in [0.25, 0.3) is 0 Å². The van der Waals surface area contributed by atoms with Gasteiger partial charge in [0.15, 0.2) is 23.1 Å². The number of halogens is 2. The van der Waals surface area contributed by atoms with Crippen LogP contribution in [0.4, 0.5) is 14.5 Å². The maximum Gasteiger partial charge on any atom is 0.255 e. The summed E-state index contributed by atoms with van der Waals surface area (Å²) in [7, 11) is 0. The predicted octanol–water partition coefficient (Wildman–Crippen LogP) is 2.99. The number of carbonyl (C=O) groups is 1. The van der Waals surface area contributed by atoms with Gasteiger partial charge in [0.05, 0.1) is 0 Å². The van der Waals surface area contributed by atoms with E-state index in [2.05, 4.69) is 5.32 Å². The molecule has 1 aliphatic heterocycles. The summed E-state index contributed by atoms with van der Waals surface area (Å²) in [5.41, 5.74) is 0.512. The first-order valence-electron chi connectivity index (χ1n) is 6.29. The van der Waals surface area contributed by atoms with Crippen LogP contribution in [0.5, 0.6) is 11.5 Å². The molecular weight excluding hydrogens is 280 g/mol. The van der Waals surface area contributed by atoms with Crippen molar-refractivity contribution in [3.63, 3.8) is 0 Å². The summed E-state index contributed by atoms with van der Waals surface area (Å²) in [4.78, 5) is 12.1. The molecule has 0 saturated heterocycles. The highest BCUT2D eigenvalue weighted by Gasteiger charge is 2.15. The molecule has 108 valence electrons. The maximum absolute atomic E-state index is 13.1. The zero-order valence-electron chi connectivity index (χ0n) is 10.9. The molecule has 4 nitrogen and oxygen atoms in total. The number of rotatable bonds is 2. The van der Waals surface area contributed by atoms with Crippen molar-refractivity contribution in [2.24, 2.45) is 0 Å². The molecule has 0 saturated carbocycles. The minimum Gasteiger partial charge on any atom is -0.486 e. The quantitative estimate of drug-likeness (QED) is 0.925. The average Bonchev–Trinajstić information content (AvgIpc) is 2.50. The summed E-state index contributed by atoms with van der Waals surface area (Å²) in [6.45, 7) is 0.884. The van der Waals surface area contributed by atoms with Crippen molar-refractivity contribution in [1.29, 1.82) is 0 Å². The lowest BCUT2D eigenvalue weighted by Crippen LogP contribution is -2.17. The van der Waals surface area contributed by atoms with Gasteiger partial charge in [0.25, 0.3) is 5.91 Å². The lowest BCUT2D eigenvalue weighted by atomic mass is 10.1. The lowest BCUT2D eigenvalue weighted by molar-refractivity contribution is 0.102. The molecule has 0 bridgehead atoms. The molecule has 6 heteroatoms. The van der Waals surface area contributed by atoms with Crippen LogP contribution in [-0.4, -0.2) is 19.1 Å². The van der Waals surface area contributed by atoms with Crippen molar-refractivity contribution < 1.29 is 23.0 Å². The average molecular weight is 291 g/mol. The molecule has 0 aromatic heterocycles. The van der Waals surface area contributed by atoms with E-state index in [1.165, 1.54) is 6.07 Å². The van der Waals surface area contributed by atoms with Crippen molar-refractivity contribution in [1.82, 2.24) is 0 Å². The van der Waals surface area contributed by atoms with Crippen molar-refractivity contribution in [3.05, 3.63) is 53.6 Å². The fourth-order valence-corrected chi connectivity index (χ4v) is 1.96. The first kappa shape index (κ1) is 13.4. The Bertz CT molecular complexity index is 703. The Morgan fingerprint density at radius 3 is 2.48 bits per heavy atom. The highest BCUT2D eigenvalue weighted by Crippen LogP contribution is 2.31. The molecule has 21 heavy (non-hydrogen) atoms. The van der Waals surface area contributed by atoms with Crippen LogP contribution in [0.2, 0.25) is 0 Å². The third kappa shape index (κ3) is 2.79. The van der Waals surface area contributed by atoms with Gasteiger partial charge in [-0.15, -0.1) is 0 Å². The van der Waals surface area contributed by atoms with E-state index in [9.17, 15) is 13.6 Å². The Kier molecular flexibility index (Phi) is 3.43. The molecular formula is C15H11F2NO3. The van der Waals surface area contributed by atoms with E-state index in [1.807, 2.05) is 0 Å². The Hall–Kier alpha value is -2.63. The van der Waals surface area contributed by atoms with E-state index in [1.54, 1.807) is 18.2 Å². The number of hydrogen-bond donors (Lipinski definition) is 1. The molecule has 2 aromatic rings. The van der Waals surface area contributed by atoms with Gasteiger partial charge in [-0.3, -0.25) is 4.79 Å². The van der Waals surface area contributed by atoms with Gasteiger partial charge < -0.3 is 14.8 Å². The fraction of sp³-hybridized carbons (Fsp3) is 0.133. The first-order valence-corrected chi connectivity index (χ1v) is 6.29. The molecule has 1 amide bonds. The smallest absolute Gasteiger partial charge is 0.255 e. The molecule has 1 N–H and O–H groups in total. The molecule has 1 aliphatic rings. The van der Waals surface area contributed by atoms with Crippen LogP contribution >= 0.6 is 0 Å². The van der Waals surface area contributed by atoms with Gasteiger partial charge in [-0.2, -0.15) is 0 Å². The van der Waals surface area contributed by atoms with Crippen LogP contribution in [0.15, 0.2) is 36.4 Å². The molecule has 0 aliphatic carbocycles. The number of carbonyl (C=O) groups excluding carboxylic acids is 1. The van der Waals surface area contributed by atoms with Crippen molar-refractivity contribution in [2.75, 3.05) is 18.5 Å². The van der Waals surface area contributed by atoms with E-state index in [-0.39, 0.29) is 5.69 Å². The van der Waals surface area contributed by atoms with E-state index < -0.39 is 17.5 Å². The standard InChI is InChI=1S/C15H11F2NO3/c16-11-3-2-10(8-12(11)17)18-15(19)9-1-4-13-14(7-9)21-6-5-20-13/h1-4,7-8H,5-6H2,(H,18,19). The largest absolute Gasteiger partial charge is 0.486 e. The molecule has 0 spiro atoms. The topological polar surface area (TPSA) is 47.6 Å². The minimum atomic E-state index is -1.02. The molecule has 1 heterocycles. The maximum atomic E-state index is 13.1. The van der Waals surface area contributed by atoms with Crippen molar-refractivity contribution >= 4 is 11.6 Å². The molecule has 3 rings (SSSR count). The van der Waals surface area contributed by atoms with E-state index >= 15 is 0 Å². The van der Waals surface area contributed by atoms with Gasteiger partial charge in [0.2, 0.25) is 0 Å². The third-order valence-corrected chi connectivity index (χ3v) is 2.98. The summed E-state index contributed by atoms with van der Waals surface area (Å²) in [5.74, 6) is -1.37. The van der Waals surface area contributed by atoms with Gasteiger partial charge >= 0.3 is 0 Å². The number of benzene rings is 2. The molecule has 0 atom stereocenters. The fourth-order valence-electron chi connectivity index (χ4n) is 1.96. The zero-order valence-corrected chi connectivity index (χ0v) is 10.9. The second-order valence-electron chi connectivity index (χ2n) is 4.44. The van der Waals surface area contributed by atoms with Crippen LogP contribution in [-0.2, 0) is 0 Å². The van der Waals surface area contributed by atoms with Crippen LogP contribution in [0.1, 0.15) is 10.4 Å². The highest BCUT2D eigenvalue weighted by atomic mass is 19.2. The normalized spacial score (nSPS) is 12.9. The van der Waals surface area contributed by atoms with Crippen LogP contribution in [0.3, 0.4) is 0 Å². The van der Waals surface area contributed by atoms with E-state index in [0.29, 0.717) is 30.3 Å². The Morgan fingerprint density at radius 2 is 1.71 bits per heavy atom. The minimum absolute atomic E-state index is 0.175. The van der Waals surface area contributed by atoms with Gasteiger partial charge in [0.1, 0.15) is 13.2 Å². The van der Waals surface area contributed by atoms with Gasteiger partial charge in [-0.25, -0.2) is 8.78 Å². The first-order chi connectivity index (χ1) is 10.1. The van der Waals surface area contributed by atoms with E-state index in [4.69, 9.17) is 9.47 Å². The van der Waals surface area contributed by atoms with Gasteiger partial charge in [0, 0.05) is 17.3 Å². The molecule has 0 unspecified atom stereocenters. The molecule has 2 aromatic carbocycles. The summed E-state index contributed by atoms with van der Waals surface area (Å²) in [6, 6.07) is 7.91. The molecule has 0 fully saturated rings. The third-order valence-electron chi connectivity index (χ3n) is 2.98.